The zero-order valence-corrected chi connectivity index (χ0v) is 29.1. The lowest BCUT2D eigenvalue weighted by molar-refractivity contribution is -0.146. The number of aliphatic carboxylic acids is 1. The van der Waals surface area contributed by atoms with E-state index in [2.05, 4.69) is 6.07 Å². The second-order valence-corrected chi connectivity index (χ2v) is 13.3. The molecule has 0 heterocycles. The van der Waals surface area contributed by atoms with Crippen molar-refractivity contribution >= 4 is 23.3 Å². The minimum atomic E-state index is -1.11. The number of fused-ring (bicyclic) bond motifs is 1. The summed E-state index contributed by atoms with van der Waals surface area (Å²) in [7, 11) is 0. The van der Waals surface area contributed by atoms with Gasteiger partial charge in [-0.15, -0.1) is 0 Å². The maximum atomic E-state index is 15.0. The molecule has 2 aliphatic rings. The fourth-order valence-corrected chi connectivity index (χ4v) is 6.76. The molecule has 3 atom stereocenters. The summed E-state index contributed by atoms with van der Waals surface area (Å²) in [5, 5.41) is 58.0. The number of aliphatic hydroxyl groups excluding tert-OH is 1. The number of carbonyl (C=O) groups is 1. The molecule has 2 unspecified atom stereocenters. The number of aliphatic hydroxyl groups is 1. The van der Waals surface area contributed by atoms with Gasteiger partial charge in [0.25, 0.3) is 0 Å². The Kier molecular flexibility index (Phi) is 11.9. The van der Waals surface area contributed by atoms with Crippen LogP contribution in [0, 0.1) is 28.5 Å². The van der Waals surface area contributed by atoms with E-state index in [4.69, 9.17) is 26.5 Å². The van der Waals surface area contributed by atoms with Crippen LogP contribution < -0.4 is 9.47 Å². The van der Waals surface area contributed by atoms with E-state index in [0.717, 1.165) is 22.3 Å². The first-order valence-corrected chi connectivity index (χ1v) is 17.2. The number of nitrogens with zero attached hydrogens (tertiary/aromatic N) is 1. The molecule has 0 aliphatic heterocycles. The van der Waals surface area contributed by atoms with Gasteiger partial charge in [0.2, 0.25) is 0 Å². The highest BCUT2D eigenvalue weighted by Gasteiger charge is 2.30. The zero-order chi connectivity index (χ0) is 36.8. The van der Waals surface area contributed by atoms with Gasteiger partial charge in [-0.05, 0) is 92.0 Å². The van der Waals surface area contributed by atoms with Crippen molar-refractivity contribution in [3.8, 4) is 40.2 Å². The van der Waals surface area contributed by atoms with Gasteiger partial charge in [-0.2, -0.15) is 5.26 Å². The fraction of sp³-hybridized carbons (Fsp3) is 0.325. The van der Waals surface area contributed by atoms with Gasteiger partial charge in [0, 0.05) is 34.9 Å². The van der Waals surface area contributed by atoms with Crippen LogP contribution in [0.1, 0.15) is 68.7 Å². The molecule has 0 spiro atoms. The third kappa shape index (κ3) is 8.62. The first-order chi connectivity index (χ1) is 24.4. The molecule has 0 aromatic heterocycles. The number of nitriles is 1. The van der Waals surface area contributed by atoms with E-state index in [1.54, 1.807) is 37.3 Å². The lowest BCUT2D eigenvalue weighted by Gasteiger charge is -2.20. The van der Waals surface area contributed by atoms with Crippen LogP contribution in [0.3, 0.4) is 0 Å². The van der Waals surface area contributed by atoms with Gasteiger partial charge in [-0.25, -0.2) is 4.39 Å². The van der Waals surface area contributed by atoms with Crippen LogP contribution in [0.2, 0.25) is 5.02 Å². The van der Waals surface area contributed by atoms with Crippen molar-refractivity contribution in [1.82, 2.24) is 0 Å². The topological polar surface area (TPSA) is 164 Å². The summed E-state index contributed by atoms with van der Waals surface area (Å²) in [5.74, 6) is -3.64. The maximum Gasteiger partial charge on any atom is 0.309 e. The molecule has 0 amide bonds. The normalized spacial score (nSPS) is 16.5. The molecule has 2 aliphatic carbocycles. The number of nitrogens with one attached hydrogen (secondary N) is 1. The van der Waals surface area contributed by atoms with Gasteiger partial charge < -0.3 is 35.3 Å². The number of halogens is 2. The van der Waals surface area contributed by atoms with Crippen LogP contribution in [0.15, 0.2) is 77.4 Å². The van der Waals surface area contributed by atoms with E-state index in [9.17, 15) is 30.5 Å². The molecule has 11 heteroatoms. The van der Waals surface area contributed by atoms with Crippen LogP contribution in [0.4, 0.5) is 4.39 Å². The number of carboxylic acids is 1. The van der Waals surface area contributed by atoms with E-state index in [1.165, 1.54) is 12.1 Å². The summed E-state index contributed by atoms with van der Waals surface area (Å²) < 4.78 is 27.8. The van der Waals surface area contributed by atoms with E-state index >= 15 is 4.39 Å². The summed E-state index contributed by atoms with van der Waals surface area (Å²) in [5.41, 5.74) is 5.59. The van der Waals surface area contributed by atoms with Gasteiger partial charge >= 0.3 is 5.97 Å². The molecule has 51 heavy (non-hydrogen) atoms. The standard InChI is InChI=1S/C40H40ClFN2O7/c1-3-33(45)31(40(48)49)10-9-26(44)17-25-18-32(41)37(19-36(25)50-21-24-15-22(2)7-8-23(16-24)20-43)51-35-14-12-28-27(5-4-6-29(28)35)30-11-13-34(46)39(47)38(30)42/h4-6,8,11,13,15-16,18-19,31,33,35,44-47H,3,7,9-10,12,14,17,21H2,1-2H3,(H,48,49)/t31?,33?,35-/m0/s1. The summed E-state index contributed by atoms with van der Waals surface area (Å²) in [6, 6.07) is 13.6. The molecular formula is C40H40ClFN2O7. The molecule has 266 valence electrons. The second kappa shape index (κ2) is 16.3. The predicted molar refractivity (Wildman–Crippen MR) is 192 cm³/mol. The Morgan fingerprint density at radius 3 is 2.67 bits per heavy atom. The Hall–Kier alpha value is -5.11. The monoisotopic (exact) mass is 714 g/mol. The average molecular weight is 715 g/mol. The first-order valence-electron chi connectivity index (χ1n) is 16.8. The number of aromatic hydroxyl groups is 2. The number of hydrogen-bond donors (Lipinski definition) is 5. The first kappa shape index (κ1) is 37.2. The van der Waals surface area contributed by atoms with Crippen LogP contribution in [-0.4, -0.2) is 44.8 Å². The summed E-state index contributed by atoms with van der Waals surface area (Å²) in [6.07, 6.45) is 6.53. The summed E-state index contributed by atoms with van der Waals surface area (Å²) >= 11 is 6.80. The summed E-state index contributed by atoms with van der Waals surface area (Å²) in [6.45, 7) is 3.79. The van der Waals surface area contributed by atoms with Crippen molar-refractivity contribution in [3.63, 3.8) is 0 Å². The highest BCUT2D eigenvalue weighted by atomic mass is 35.5. The van der Waals surface area contributed by atoms with Crippen molar-refractivity contribution in [2.45, 2.75) is 71.0 Å². The number of phenols is 2. The zero-order valence-electron chi connectivity index (χ0n) is 28.4. The number of carboxylic acid groups (broad SMARTS) is 1. The van der Waals surface area contributed by atoms with Crippen LogP contribution in [0.5, 0.6) is 23.0 Å². The summed E-state index contributed by atoms with van der Waals surface area (Å²) in [4.78, 5) is 11.7. The Morgan fingerprint density at radius 1 is 1.16 bits per heavy atom. The Labute approximate surface area is 301 Å². The molecule has 9 nitrogen and oxygen atoms in total. The molecule has 3 aromatic rings. The number of allylic oxidation sites excluding steroid dienone is 4. The highest BCUT2D eigenvalue weighted by Crippen LogP contribution is 2.45. The SMILES string of the molecule is CCC(O)C(CCC(=N)Cc1cc(Cl)c(O[C@H]2CCc3c(-c4ccc(O)c(O)c4F)cccc32)cc1OCC1=CC(C#N)=CCC(C)=C1)C(=O)O. The molecule has 0 saturated heterocycles. The van der Waals surface area contributed by atoms with Gasteiger partial charge in [-0.3, -0.25) is 4.79 Å². The molecule has 5 N–H and O–H groups in total. The van der Waals surface area contributed by atoms with Crippen molar-refractivity contribution in [2.24, 2.45) is 5.92 Å². The van der Waals surface area contributed by atoms with Crippen LogP contribution in [0.25, 0.3) is 11.1 Å². The van der Waals surface area contributed by atoms with Gasteiger partial charge in [0.1, 0.15) is 24.2 Å². The lowest BCUT2D eigenvalue weighted by atomic mass is 9.92. The quantitative estimate of drug-likeness (QED) is 0.0819. The number of phenolic OH excluding ortho intramolecular Hbond substituents is 2. The lowest BCUT2D eigenvalue weighted by Crippen LogP contribution is -2.28. The van der Waals surface area contributed by atoms with Crippen molar-refractivity contribution < 1.29 is 39.1 Å². The van der Waals surface area contributed by atoms with Crippen molar-refractivity contribution in [1.29, 1.82) is 10.7 Å². The molecule has 5 rings (SSSR count). The van der Waals surface area contributed by atoms with E-state index < -0.39 is 41.4 Å². The smallest absolute Gasteiger partial charge is 0.309 e. The number of benzene rings is 3. The Morgan fingerprint density at radius 2 is 1.94 bits per heavy atom. The van der Waals surface area contributed by atoms with Gasteiger partial charge in [-0.1, -0.05) is 54.4 Å². The van der Waals surface area contributed by atoms with Crippen molar-refractivity contribution in [2.75, 3.05) is 6.61 Å². The van der Waals surface area contributed by atoms with E-state index in [1.807, 2.05) is 25.1 Å². The number of rotatable bonds is 14. The van der Waals surface area contributed by atoms with Crippen LogP contribution >= 0.6 is 11.6 Å². The molecule has 0 fully saturated rings. The number of hydrogen-bond acceptors (Lipinski definition) is 8. The number of ether oxygens (including phenoxy) is 2. The predicted octanol–water partition coefficient (Wildman–Crippen LogP) is 8.54. The molecule has 3 aromatic carbocycles. The minimum absolute atomic E-state index is 0.102. The van der Waals surface area contributed by atoms with Gasteiger partial charge in [0.05, 0.1) is 23.1 Å². The van der Waals surface area contributed by atoms with E-state index in [0.29, 0.717) is 47.5 Å². The minimum Gasteiger partial charge on any atom is -0.504 e. The third-order valence-electron chi connectivity index (χ3n) is 9.29. The second-order valence-electron chi connectivity index (χ2n) is 12.9. The molecular weight excluding hydrogens is 675 g/mol. The highest BCUT2D eigenvalue weighted by molar-refractivity contribution is 6.32. The molecule has 0 radical (unpaired) electrons. The Bertz CT molecular complexity index is 1980. The van der Waals surface area contributed by atoms with Gasteiger partial charge in [0.15, 0.2) is 17.3 Å². The van der Waals surface area contributed by atoms with Crippen molar-refractivity contribution in [3.05, 3.63) is 105 Å². The Balaban J connectivity index is 1.43. The molecule has 0 bridgehead atoms. The maximum absolute atomic E-state index is 15.0. The fourth-order valence-electron chi connectivity index (χ4n) is 6.53. The largest absolute Gasteiger partial charge is 0.504 e. The average Bonchev–Trinajstić information content (AvgIpc) is 3.42. The molecule has 0 saturated carbocycles. The van der Waals surface area contributed by atoms with E-state index in [-0.39, 0.29) is 48.6 Å². The third-order valence-corrected chi connectivity index (χ3v) is 9.58. The van der Waals surface area contributed by atoms with Crippen LogP contribution in [-0.2, 0) is 17.6 Å².